The number of nitro benzene ring substituents is 1. The van der Waals surface area contributed by atoms with E-state index < -0.39 is 4.92 Å². The average Bonchev–Trinajstić information content (AvgIpc) is 2.96. The molecule has 118 valence electrons. The first-order chi connectivity index (χ1) is 11.1. The molecule has 3 rings (SSSR count). The Hall–Kier alpha value is -2.29. The summed E-state index contributed by atoms with van der Waals surface area (Å²) >= 11 is 7.29. The molecule has 1 aromatic carbocycles. The predicted molar refractivity (Wildman–Crippen MR) is 90.1 cm³/mol. The van der Waals surface area contributed by atoms with Crippen molar-refractivity contribution in [2.75, 3.05) is 18.5 Å². The van der Waals surface area contributed by atoms with Crippen LogP contribution in [0.5, 0.6) is 0 Å². The Morgan fingerprint density at radius 2 is 2.22 bits per heavy atom. The second-order valence-corrected chi connectivity index (χ2v) is 5.82. The zero-order valence-electron chi connectivity index (χ0n) is 11.7. The van der Waals surface area contributed by atoms with Crippen molar-refractivity contribution in [1.82, 2.24) is 9.97 Å². The molecule has 2 aromatic heterocycles. The summed E-state index contributed by atoms with van der Waals surface area (Å²) in [7, 11) is 0. The van der Waals surface area contributed by atoms with Gasteiger partial charge in [-0.15, -0.1) is 11.3 Å². The number of benzene rings is 1. The number of rotatable bonds is 5. The first kappa shape index (κ1) is 15.6. The van der Waals surface area contributed by atoms with E-state index >= 15 is 0 Å². The van der Waals surface area contributed by atoms with Crippen LogP contribution in [0.15, 0.2) is 29.6 Å². The molecule has 0 radical (unpaired) electrons. The summed E-state index contributed by atoms with van der Waals surface area (Å²) in [5.74, 6) is 0.497. The first-order valence-corrected chi connectivity index (χ1v) is 7.90. The van der Waals surface area contributed by atoms with E-state index in [4.69, 9.17) is 16.7 Å². The molecule has 0 atom stereocenters. The Morgan fingerprint density at radius 3 is 2.96 bits per heavy atom. The number of nitro groups is 1. The number of fused-ring (bicyclic) bond motifs is 1. The van der Waals surface area contributed by atoms with Gasteiger partial charge in [0.05, 0.1) is 16.9 Å². The van der Waals surface area contributed by atoms with E-state index in [1.807, 2.05) is 5.38 Å². The predicted octanol–water partition coefficient (Wildman–Crippen LogP) is 3.32. The lowest BCUT2D eigenvalue weighted by atomic mass is 10.1. The van der Waals surface area contributed by atoms with Crippen LogP contribution in [0.3, 0.4) is 0 Å². The summed E-state index contributed by atoms with van der Waals surface area (Å²) in [6.07, 6.45) is 0. The monoisotopic (exact) mass is 350 g/mol. The first-order valence-electron chi connectivity index (χ1n) is 6.64. The number of halogens is 1. The van der Waals surface area contributed by atoms with E-state index in [1.165, 1.54) is 23.5 Å². The number of thiophene rings is 1. The molecule has 0 saturated carbocycles. The maximum Gasteiger partial charge on any atom is 0.270 e. The number of anilines is 1. The second kappa shape index (κ2) is 6.45. The molecule has 0 fully saturated rings. The summed E-state index contributed by atoms with van der Waals surface area (Å²) in [6.45, 7) is 0.256. The van der Waals surface area contributed by atoms with Gasteiger partial charge >= 0.3 is 0 Å². The summed E-state index contributed by atoms with van der Waals surface area (Å²) in [5.41, 5.74) is 1.50. The molecule has 0 saturated heterocycles. The summed E-state index contributed by atoms with van der Waals surface area (Å²) in [5, 5.41) is 25.6. The third-order valence-electron chi connectivity index (χ3n) is 3.18. The average molecular weight is 351 g/mol. The molecule has 2 N–H and O–H groups in total. The van der Waals surface area contributed by atoms with Gasteiger partial charge in [-0.3, -0.25) is 10.1 Å². The molecule has 23 heavy (non-hydrogen) atoms. The fourth-order valence-corrected chi connectivity index (χ4v) is 3.38. The van der Waals surface area contributed by atoms with E-state index in [0.717, 1.165) is 10.9 Å². The highest BCUT2D eigenvalue weighted by molar-refractivity contribution is 7.17. The normalized spacial score (nSPS) is 10.9. The number of aliphatic hydroxyl groups is 1. The van der Waals surface area contributed by atoms with Crippen molar-refractivity contribution >= 4 is 44.7 Å². The van der Waals surface area contributed by atoms with Crippen LogP contribution in [0.2, 0.25) is 5.28 Å². The van der Waals surface area contributed by atoms with Crippen LogP contribution in [0.1, 0.15) is 0 Å². The highest BCUT2D eigenvalue weighted by Gasteiger charge is 2.16. The number of nitrogens with zero attached hydrogens (tertiary/aromatic N) is 3. The SMILES string of the molecule is O=[N+]([O-])c1cccc(-c2csc3nc(Cl)nc(NCCO)c23)c1. The van der Waals surface area contributed by atoms with Crippen molar-refractivity contribution in [2.24, 2.45) is 0 Å². The van der Waals surface area contributed by atoms with Gasteiger partial charge < -0.3 is 10.4 Å². The number of hydrogen-bond acceptors (Lipinski definition) is 7. The molecule has 0 aliphatic heterocycles. The minimum atomic E-state index is -0.434. The molecule has 0 aliphatic carbocycles. The quantitative estimate of drug-likeness (QED) is 0.416. The van der Waals surface area contributed by atoms with Crippen molar-refractivity contribution in [3.8, 4) is 11.1 Å². The van der Waals surface area contributed by atoms with Crippen LogP contribution in [-0.4, -0.2) is 33.1 Å². The fourth-order valence-electron chi connectivity index (χ4n) is 2.22. The highest BCUT2D eigenvalue weighted by atomic mass is 35.5. The molecule has 0 bridgehead atoms. The summed E-state index contributed by atoms with van der Waals surface area (Å²) in [6, 6.07) is 6.37. The fraction of sp³-hybridized carbons (Fsp3) is 0.143. The molecule has 2 heterocycles. The highest BCUT2D eigenvalue weighted by Crippen LogP contribution is 2.38. The molecule has 3 aromatic rings. The molecule has 0 aliphatic rings. The number of nitrogens with one attached hydrogen (secondary N) is 1. The maximum atomic E-state index is 11.0. The molecular weight excluding hydrogens is 340 g/mol. The van der Waals surface area contributed by atoms with Crippen LogP contribution in [0.4, 0.5) is 11.5 Å². The number of non-ortho nitro benzene ring substituents is 1. The number of hydrogen-bond donors (Lipinski definition) is 2. The summed E-state index contributed by atoms with van der Waals surface area (Å²) in [4.78, 5) is 19.5. The standard InChI is InChI=1S/C14H11ClN4O3S/c15-14-17-12(16-4-5-20)11-10(7-23-13(11)18-14)8-2-1-3-9(6-8)19(21)22/h1-3,6-7,20H,4-5H2,(H,16,17,18). The van der Waals surface area contributed by atoms with Gasteiger partial charge in [-0.25, -0.2) is 9.97 Å². The second-order valence-electron chi connectivity index (χ2n) is 4.63. The van der Waals surface area contributed by atoms with Crippen LogP contribution < -0.4 is 5.32 Å². The van der Waals surface area contributed by atoms with E-state index in [9.17, 15) is 10.1 Å². The smallest absolute Gasteiger partial charge is 0.270 e. The van der Waals surface area contributed by atoms with E-state index in [2.05, 4.69) is 15.3 Å². The van der Waals surface area contributed by atoms with Crippen molar-refractivity contribution in [3.63, 3.8) is 0 Å². The molecule has 0 amide bonds. The van der Waals surface area contributed by atoms with E-state index in [1.54, 1.807) is 12.1 Å². The molecular formula is C14H11ClN4O3S. The Morgan fingerprint density at radius 1 is 1.39 bits per heavy atom. The van der Waals surface area contributed by atoms with Gasteiger partial charge in [0.15, 0.2) is 0 Å². The van der Waals surface area contributed by atoms with Crippen LogP contribution >= 0.6 is 22.9 Å². The Balaban J connectivity index is 2.18. The molecule has 7 nitrogen and oxygen atoms in total. The number of aliphatic hydroxyl groups excluding tert-OH is 1. The molecule has 0 spiro atoms. The van der Waals surface area contributed by atoms with Crippen LogP contribution in [-0.2, 0) is 0 Å². The van der Waals surface area contributed by atoms with Gasteiger partial charge in [0.1, 0.15) is 10.6 Å². The van der Waals surface area contributed by atoms with Crippen molar-refractivity contribution in [1.29, 1.82) is 0 Å². The minimum absolute atomic E-state index is 0.0154. The van der Waals surface area contributed by atoms with Crippen molar-refractivity contribution in [3.05, 3.63) is 45.0 Å². The Labute approximate surface area is 139 Å². The van der Waals surface area contributed by atoms with E-state index in [0.29, 0.717) is 22.8 Å². The van der Waals surface area contributed by atoms with Gasteiger partial charge in [0, 0.05) is 29.6 Å². The van der Waals surface area contributed by atoms with Gasteiger partial charge in [-0.2, -0.15) is 0 Å². The lowest BCUT2D eigenvalue weighted by molar-refractivity contribution is -0.384. The van der Waals surface area contributed by atoms with Crippen LogP contribution in [0.25, 0.3) is 21.3 Å². The van der Waals surface area contributed by atoms with Gasteiger partial charge in [0.2, 0.25) is 5.28 Å². The topological polar surface area (TPSA) is 101 Å². The number of aromatic nitrogens is 2. The van der Waals surface area contributed by atoms with Crippen molar-refractivity contribution < 1.29 is 10.0 Å². The zero-order valence-corrected chi connectivity index (χ0v) is 13.3. The Kier molecular flexibility index (Phi) is 4.37. The van der Waals surface area contributed by atoms with Gasteiger partial charge in [-0.05, 0) is 17.2 Å². The third kappa shape index (κ3) is 3.09. The third-order valence-corrected chi connectivity index (χ3v) is 4.22. The lowest BCUT2D eigenvalue weighted by Crippen LogP contribution is -2.07. The van der Waals surface area contributed by atoms with Gasteiger partial charge in [-0.1, -0.05) is 12.1 Å². The van der Waals surface area contributed by atoms with Crippen LogP contribution in [0, 0.1) is 10.1 Å². The lowest BCUT2D eigenvalue weighted by Gasteiger charge is -2.07. The van der Waals surface area contributed by atoms with E-state index in [-0.39, 0.29) is 17.6 Å². The summed E-state index contributed by atoms with van der Waals surface area (Å²) < 4.78 is 0. The largest absolute Gasteiger partial charge is 0.395 e. The minimum Gasteiger partial charge on any atom is -0.395 e. The van der Waals surface area contributed by atoms with Gasteiger partial charge in [0.25, 0.3) is 5.69 Å². The zero-order chi connectivity index (χ0) is 16.4. The maximum absolute atomic E-state index is 11.0. The molecule has 9 heteroatoms. The Bertz CT molecular complexity index is 884. The van der Waals surface area contributed by atoms with Crippen molar-refractivity contribution in [2.45, 2.75) is 0 Å². The molecule has 0 unspecified atom stereocenters.